The van der Waals surface area contributed by atoms with Crippen molar-refractivity contribution in [2.45, 2.75) is 11.3 Å². The Balaban J connectivity index is 1.85. The molecule has 2 aromatic carbocycles. The number of nitrogens with zero attached hydrogens (tertiary/aromatic N) is 1. The van der Waals surface area contributed by atoms with Crippen LogP contribution in [0.15, 0.2) is 70.3 Å². The second kappa shape index (κ2) is 8.74. The molecule has 1 heterocycles. The van der Waals surface area contributed by atoms with Gasteiger partial charge in [-0.15, -0.1) is 6.58 Å². The fourth-order valence-electron chi connectivity index (χ4n) is 2.59. The molecule has 1 unspecified atom stereocenters. The zero-order valence-electron chi connectivity index (χ0n) is 13.5. The smallest absolute Gasteiger partial charge is 0.194 e. The van der Waals surface area contributed by atoms with Crippen LogP contribution in [0.4, 0.5) is 0 Å². The molecule has 1 aliphatic rings. The van der Waals surface area contributed by atoms with Gasteiger partial charge in [-0.2, -0.15) is 0 Å². The number of ketones is 1. The Morgan fingerprint density at radius 1 is 1.19 bits per heavy atom. The monoisotopic (exact) mass is 513 g/mol. The molecule has 0 saturated heterocycles. The van der Waals surface area contributed by atoms with Gasteiger partial charge in [-0.3, -0.25) is 9.79 Å². The minimum atomic E-state index is -0.153. The van der Waals surface area contributed by atoms with Gasteiger partial charge >= 0.3 is 0 Å². The topological polar surface area (TPSA) is 29.4 Å². The van der Waals surface area contributed by atoms with Crippen LogP contribution in [0, 0.1) is 0 Å². The Bertz CT molecular complexity index is 909. The van der Waals surface area contributed by atoms with Crippen LogP contribution in [0.2, 0.25) is 10.0 Å². The lowest BCUT2D eigenvalue weighted by Crippen LogP contribution is -2.10. The maximum atomic E-state index is 12.7. The van der Waals surface area contributed by atoms with E-state index in [1.54, 1.807) is 42.1 Å². The number of rotatable bonds is 5. The second-order valence-electron chi connectivity index (χ2n) is 5.59. The molecule has 132 valence electrons. The summed E-state index contributed by atoms with van der Waals surface area (Å²) in [5, 5.41) is 2.05. The van der Waals surface area contributed by atoms with E-state index in [1.807, 2.05) is 22.3 Å². The molecule has 3 rings (SSSR count). The molecule has 0 aliphatic carbocycles. The minimum Gasteiger partial charge on any atom is -0.289 e. The third-order valence-electron chi connectivity index (χ3n) is 3.92. The summed E-state index contributed by atoms with van der Waals surface area (Å²) in [4.78, 5) is 17.4. The molecule has 0 fully saturated rings. The maximum Gasteiger partial charge on any atom is 0.194 e. The lowest BCUT2D eigenvalue weighted by Gasteiger charge is -2.07. The third kappa shape index (κ3) is 4.25. The minimum absolute atomic E-state index is 0.0935. The molecule has 0 radical (unpaired) electrons. The first-order valence-corrected chi connectivity index (χ1v) is 10.7. The van der Waals surface area contributed by atoms with Crippen molar-refractivity contribution in [1.29, 1.82) is 0 Å². The van der Waals surface area contributed by atoms with Gasteiger partial charge in [0.25, 0.3) is 0 Å². The van der Waals surface area contributed by atoms with Gasteiger partial charge in [-0.05, 0) is 22.3 Å². The summed E-state index contributed by atoms with van der Waals surface area (Å²) in [5.41, 5.74) is 1.95. The molecular weight excluding hydrogens is 500 g/mol. The predicted octanol–water partition coefficient (Wildman–Crippen LogP) is 6.59. The van der Waals surface area contributed by atoms with Crippen molar-refractivity contribution in [2.24, 2.45) is 4.99 Å². The zero-order valence-corrected chi connectivity index (χ0v) is 18.0. The molecule has 0 aromatic heterocycles. The Kier molecular flexibility index (Phi) is 6.61. The molecule has 1 aliphatic heterocycles. The van der Waals surface area contributed by atoms with Crippen LogP contribution in [-0.4, -0.2) is 22.1 Å². The molecule has 0 amide bonds. The summed E-state index contributed by atoms with van der Waals surface area (Å²) in [6.45, 7) is 3.89. The van der Waals surface area contributed by atoms with E-state index >= 15 is 0 Å². The molecule has 26 heavy (non-hydrogen) atoms. The van der Waals surface area contributed by atoms with E-state index in [2.05, 4.69) is 35.2 Å². The Labute approximate surface area is 180 Å². The first-order chi connectivity index (χ1) is 12.5. The summed E-state index contributed by atoms with van der Waals surface area (Å²) in [6.07, 6.45) is 3.98. The third-order valence-corrected chi connectivity index (χ3v) is 6.21. The van der Waals surface area contributed by atoms with Gasteiger partial charge in [0, 0.05) is 21.7 Å². The molecular formula is C20H14Cl2INOS. The summed E-state index contributed by atoms with van der Waals surface area (Å²) in [6, 6.07) is 12.4. The van der Waals surface area contributed by atoms with Crippen molar-refractivity contribution in [3.8, 4) is 0 Å². The number of thioether (sulfide) groups is 1. The lowest BCUT2D eigenvalue weighted by atomic mass is 10.0. The molecule has 0 saturated carbocycles. The van der Waals surface area contributed by atoms with Crippen molar-refractivity contribution in [1.82, 2.24) is 0 Å². The highest BCUT2D eigenvalue weighted by Gasteiger charge is 2.26. The first kappa shape index (κ1) is 19.7. The first-order valence-electron chi connectivity index (χ1n) is 7.77. The number of hydrogen-bond donors (Lipinski definition) is 0. The second-order valence-corrected chi connectivity index (χ2v) is 8.32. The number of benzene rings is 2. The van der Waals surface area contributed by atoms with E-state index in [0.29, 0.717) is 21.2 Å². The number of carbonyl (C=O) groups is 1. The van der Waals surface area contributed by atoms with Gasteiger partial charge in [0.2, 0.25) is 0 Å². The van der Waals surface area contributed by atoms with E-state index in [9.17, 15) is 4.79 Å². The average Bonchev–Trinajstić information content (AvgIpc) is 3.06. The van der Waals surface area contributed by atoms with Gasteiger partial charge in [-0.1, -0.05) is 94.0 Å². The van der Waals surface area contributed by atoms with E-state index in [4.69, 9.17) is 28.2 Å². The van der Waals surface area contributed by atoms with Crippen LogP contribution in [0.3, 0.4) is 0 Å². The van der Waals surface area contributed by atoms with Crippen molar-refractivity contribution in [3.05, 3.63) is 92.0 Å². The van der Waals surface area contributed by atoms with Crippen LogP contribution in [-0.2, 0) is 0 Å². The maximum absolute atomic E-state index is 12.7. The number of halogens is 3. The summed E-state index contributed by atoms with van der Waals surface area (Å²) in [7, 11) is 0. The fourth-order valence-corrected chi connectivity index (χ4v) is 4.49. The van der Waals surface area contributed by atoms with Crippen LogP contribution < -0.4 is 0 Å². The molecule has 0 bridgehead atoms. The SMILES string of the molecule is C=CC1SC(c2ccc(C(=O)c3cc(Cl)ccc3Cl)cc2)=N[C@H]1/C=C\I. The van der Waals surface area contributed by atoms with E-state index in [1.165, 1.54) is 0 Å². The van der Waals surface area contributed by atoms with Gasteiger partial charge in [-0.25, -0.2) is 0 Å². The lowest BCUT2D eigenvalue weighted by molar-refractivity contribution is 0.103. The molecule has 2 nitrogen and oxygen atoms in total. The van der Waals surface area contributed by atoms with Crippen LogP contribution in [0.25, 0.3) is 0 Å². The van der Waals surface area contributed by atoms with Gasteiger partial charge in [0.1, 0.15) is 0 Å². The van der Waals surface area contributed by atoms with Crippen molar-refractivity contribution < 1.29 is 4.79 Å². The van der Waals surface area contributed by atoms with Gasteiger partial charge in [0.15, 0.2) is 5.78 Å². The average molecular weight is 514 g/mol. The number of aliphatic imine (C=N–C) groups is 1. The van der Waals surface area contributed by atoms with E-state index < -0.39 is 0 Å². The van der Waals surface area contributed by atoms with E-state index in [-0.39, 0.29) is 17.1 Å². The Morgan fingerprint density at radius 3 is 2.58 bits per heavy atom. The Morgan fingerprint density at radius 2 is 1.92 bits per heavy atom. The quantitative estimate of drug-likeness (QED) is 0.256. The largest absolute Gasteiger partial charge is 0.289 e. The van der Waals surface area contributed by atoms with Crippen LogP contribution >= 0.6 is 57.6 Å². The summed E-state index contributed by atoms with van der Waals surface area (Å²) >= 11 is 16.0. The molecule has 2 atom stereocenters. The molecule has 2 aromatic rings. The highest BCUT2D eigenvalue weighted by Crippen LogP contribution is 2.32. The summed E-state index contributed by atoms with van der Waals surface area (Å²) < 4.78 is 1.97. The van der Waals surface area contributed by atoms with Gasteiger partial charge < -0.3 is 0 Å². The predicted molar refractivity (Wildman–Crippen MR) is 121 cm³/mol. The standard InChI is InChI=1S/C20H14Cl2INOS/c1-2-18-17(9-10-23)24-20(26-18)13-5-3-12(4-6-13)19(25)15-11-14(21)7-8-16(15)22/h2-11,17-18H,1H2/b10-9-/t17-,18?/m0/s1. The van der Waals surface area contributed by atoms with Crippen molar-refractivity contribution >= 4 is 68.4 Å². The highest BCUT2D eigenvalue weighted by atomic mass is 127. The molecule has 6 heteroatoms. The van der Waals surface area contributed by atoms with E-state index in [0.717, 1.165) is 10.6 Å². The van der Waals surface area contributed by atoms with Crippen LogP contribution in [0.5, 0.6) is 0 Å². The fraction of sp³-hybridized carbons (Fsp3) is 0.100. The molecule has 0 spiro atoms. The molecule has 0 N–H and O–H groups in total. The van der Waals surface area contributed by atoms with Crippen molar-refractivity contribution in [2.75, 3.05) is 0 Å². The Hall–Kier alpha value is -1.08. The highest BCUT2D eigenvalue weighted by molar-refractivity contribution is 14.1. The summed E-state index contributed by atoms with van der Waals surface area (Å²) in [5.74, 6) is -0.153. The normalized spacial score (nSPS) is 19.6. The van der Waals surface area contributed by atoms with Crippen molar-refractivity contribution in [3.63, 3.8) is 0 Å². The zero-order chi connectivity index (χ0) is 18.7. The van der Waals surface area contributed by atoms with Crippen LogP contribution in [0.1, 0.15) is 21.5 Å². The number of carbonyl (C=O) groups excluding carboxylic acids is 1. The van der Waals surface area contributed by atoms with Gasteiger partial charge in [0.05, 0.1) is 21.4 Å². The number of hydrogen-bond acceptors (Lipinski definition) is 3.